The van der Waals surface area contributed by atoms with Gasteiger partial charge in [-0.25, -0.2) is 0 Å². The largest absolute Gasteiger partial charge is 0.380 e. The summed E-state index contributed by atoms with van der Waals surface area (Å²) in [7, 11) is 1.69. The second-order valence-electron chi connectivity index (χ2n) is 4.27. The highest BCUT2D eigenvalue weighted by molar-refractivity contribution is 5.93. The van der Waals surface area contributed by atoms with Crippen LogP contribution in [0.25, 0.3) is 0 Å². The molecule has 0 spiro atoms. The minimum Gasteiger partial charge on any atom is -0.380 e. The average Bonchev–Trinajstić information content (AvgIpc) is 2.30. The molecule has 2 unspecified atom stereocenters. The van der Waals surface area contributed by atoms with E-state index in [0.29, 0.717) is 5.56 Å². The predicted octanol–water partition coefficient (Wildman–Crippen LogP) is 1.93. The summed E-state index contributed by atoms with van der Waals surface area (Å²) in [4.78, 5) is 11.0. The Labute approximate surface area is 102 Å². The van der Waals surface area contributed by atoms with Crippen molar-refractivity contribution in [2.75, 3.05) is 12.4 Å². The second-order valence-corrected chi connectivity index (χ2v) is 4.27. The first-order valence-electron chi connectivity index (χ1n) is 5.65. The molecular weight excluding hydrogens is 216 g/mol. The van der Waals surface area contributed by atoms with Gasteiger partial charge in [-0.1, -0.05) is 0 Å². The summed E-state index contributed by atoms with van der Waals surface area (Å²) in [5.41, 5.74) is 7.74. The number of ether oxygens (including phenoxy) is 1. The van der Waals surface area contributed by atoms with Crippen LogP contribution in [0.2, 0.25) is 0 Å². The number of hydrogen-bond acceptors (Lipinski definition) is 3. The molecular formula is C13H20N2O2. The zero-order chi connectivity index (χ0) is 13.0. The van der Waals surface area contributed by atoms with E-state index >= 15 is 0 Å². The lowest BCUT2D eigenvalue weighted by Crippen LogP contribution is -2.30. The Hall–Kier alpha value is -1.55. The zero-order valence-corrected chi connectivity index (χ0v) is 10.8. The third-order valence-corrected chi connectivity index (χ3v) is 2.97. The van der Waals surface area contributed by atoms with Gasteiger partial charge in [-0.2, -0.15) is 0 Å². The van der Waals surface area contributed by atoms with Crippen molar-refractivity contribution in [3.63, 3.8) is 0 Å². The highest BCUT2D eigenvalue weighted by Gasteiger charge is 2.12. The van der Waals surface area contributed by atoms with Crippen LogP contribution in [0.3, 0.4) is 0 Å². The number of anilines is 1. The van der Waals surface area contributed by atoms with E-state index in [-0.39, 0.29) is 12.1 Å². The maximum absolute atomic E-state index is 11.0. The summed E-state index contributed by atoms with van der Waals surface area (Å²) < 4.78 is 5.25. The third kappa shape index (κ3) is 3.46. The number of amides is 1. The first kappa shape index (κ1) is 13.5. The molecule has 1 amide bonds. The summed E-state index contributed by atoms with van der Waals surface area (Å²) in [6, 6.07) is 5.57. The van der Waals surface area contributed by atoms with Crippen LogP contribution in [0, 0.1) is 6.92 Å². The number of carbonyl (C=O) groups excluding carboxylic acids is 1. The molecule has 0 aromatic heterocycles. The molecule has 4 heteroatoms. The van der Waals surface area contributed by atoms with E-state index in [1.54, 1.807) is 19.2 Å². The maximum atomic E-state index is 11.0. The van der Waals surface area contributed by atoms with Crippen LogP contribution in [0.5, 0.6) is 0 Å². The fraction of sp³-hybridized carbons (Fsp3) is 0.462. The molecule has 1 aromatic carbocycles. The van der Waals surface area contributed by atoms with Gasteiger partial charge >= 0.3 is 0 Å². The van der Waals surface area contributed by atoms with Crippen LogP contribution in [0.4, 0.5) is 5.69 Å². The van der Waals surface area contributed by atoms with E-state index in [2.05, 4.69) is 12.2 Å². The van der Waals surface area contributed by atoms with Gasteiger partial charge in [0.2, 0.25) is 5.91 Å². The summed E-state index contributed by atoms with van der Waals surface area (Å²) in [5.74, 6) is -0.405. The van der Waals surface area contributed by atoms with Gasteiger partial charge in [0.05, 0.1) is 6.10 Å². The van der Waals surface area contributed by atoms with Crippen LogP contribution >= 0.6 is 0 Å². The van der Waals surface area contributed by atoms with Gasteiger partial charge < -0.3 is 15.8 Å². The van der Waals surface area contributed by atoms with Crippen LogP contribution in [0.1, 0.15) is 29.8 Å². The number of rotatable bonds is 5. The molecule has 3 N–H and O–H groups in total. The monoisotopic (exact) mass is 236 g/mol. The van der Waals surface area contributed by atoms with E-state index < -0.39 is 5.91 Å². The third-order valence-electron chi connectivity index (χ3n) is 2.97. The van der Waals surface area contributed by atoms with E-state index in [0.717, 1.165) is 11.3 Å². The molecule has 94 valence electrons. The summed E-state index contributed by atoms with van der Waals surface area (Å²) in [6.07, 6.45) is 0.116. The maximum Gasteiger partial charge on any atom is 0.248 e. The molecule has 0 aliphatic heterocycles. The lowest BCUT2D eigenvalue weighted by Gasteiger charge is -2.22. The quantitative estimate of drug-likeness (QED) is 0.821. The smallest absolute Gasteiger partial charge is 0.248 e. The van der Waals surface area contributed by atoms with Crippen molar-refractivity contribution in [3.8, 4) is 0 Å². The molecule has 0 saturated heterocycles. The average molecular weight is 236 g/mol. The van der Waals surface area contributed by atoms with E-state index in [4.69, 9.17) is 10.5 Å². The van der Waals surface area contributed by atoms with Gasteiger partial charge in [-0.05, 0) is 44.5 Å². The van der Waals surface area contributed by atoms with Crippen molar-refractivity contribution in [3.05, 3.63) is 29.3 Å². The van der Waals surface area contributed by atoms with E-state index in [1.807, 2.05) is 19.9 Å². The van der Waals surface area contributed by atoms with E-state index in [9.17, 15) is 4.79 Å². The molecule has 0 fully saturated rings. The molecule has 1 rings (SSSR count). The zero-order valence-electron chi connectivity index (χ0n) is 10.8. The summed E-state index contributed by atoms with van der Waals surface area (Å²) >= 11 is 0. The van der Waals surface area contributed by atoms with Crippen LogP contribution < -0.4 is 11.1 Å². The molecule has 2 atom stereocenters. The molecule has 0 aliphatic carbocycles. The SMILES string of the molecule is COC(C)C(C)Nc1ccc(C(N)=O)cc1C. The standard InChI is InChI=1S/C13H20N2O2/c1-8-7-11(13(14)16)5-6-12(8)15-9(2)10(3)17-4/h5-7,9-10,15H,1-4H3,(H2,14,16). The van der Waals surface area contributed by atoms with Gasteiger partial charge in [-0.15, -0.1) is 0 Å². The predicted molar refractivity (Wildman–Crippen MR) is 69.3 cm³/mol. The van der Waals surface area contributed by atoms with Gasteiger partial charge in [-0.3, -0.25) is 4.79 Å². The van der Waals surface area contributed by atoms with E-state index in [1.165, 1.54) is 0 Å². The minimum atomic E-state index is -0.405. The Morgan fingerprint density at radius 3 is 2.53 bits per heavy atom. The fourth-order valence-electron chi connectivity index (χ4n) is 1.55. The topological polar surface area (TPSA) is 64.3 Å². The first-order valence-corrected chi connectivity index (χ1v) is 5.65. The number of nitrogens with one attached hydrogen (secondary N) is 1. The highest BCUT2D eigenvalue weighted by Crippen LogP contribution is 2.18. The van der Waals surface area contributed by atoms with Crippen molar-refractivity contribution in [2.45, 2.75) is 32.9 Å². The lowest BCUT2D eigenvalue weighted by molar-refractivity contribution is 0.1000. The Morgan fingerprint density at radius 1 is 1.41 bits per heavy atom. The fourth-order valence-corrected chi connectivity index (χ4v) is 1.55. The normalized spacial score (nSPS) is 14.1. The number of nitrogens with two attached hydrogens (primary N) is 1. The number of aryl methyl sites for hydroxylation is 1. The van der Waals surface area contributed by atoms with Crippen LogP contribution in [0.15, 0.2) is 18.2 Å². The van der Waals surface area contributed by atoms with Gasteiger partial charge in [0.15, 0.2) is 0 Å². The van der Waals surface area contributed by atoms with Crippen molar-refractivity contribution in [1.29, 1.82) is 0 Å². The van der Waals surface area contributed by atoms with Crippen molar-refractivity contribution < 1.29 is 9.53 Å². The molecule has 0 radical (unpaired) electrons. The number of benzene rings is 1. The molecule has 1 aromatic rings. The Bertz CT molecular complexity index is 404. The van der Waals surface area contributed by atoms with Crippen LogP contribution in [-0.2, 0) is 4.74 Å². The number of methoxy groups -OCH3 is 1. The van der Waals surface area contributed by atoms with Crippen molar-refractivity contribution in [2.24, 2.45) is 5.73 Å². The van der Waals surface area contributed by atoms with Gasteiger partial charge in [0.25, 0.3) is 0 Å². The Kier molecular flexibility index (Phi) is 4.52. The highest BCUT2D eigenvalue weighted by atomic mass is 16.5. The second kappa shape index (κ2) is 5.68. The number of primary amides is 1. The molecule has 0 bridgehead atoms. The van der Waals surface area contributed by atoms with Crippen LogP contribution in [-0.4, -0.2) is 25.2 Å². The summed E-state index contributed by atoms with van der Waals surface area (Å²) in [6.45, 7) is 6.00. The Balaban J connectivity index is 2.82. The van der Waals surface area contributed by atoms with Gasteiger partial charge in [0.1, 0.15) is 0 Å². The molecule has 4 nitrogen and oxygen atoms in total. The summed E-state index contributed by atoms with van der Waals surface area (Å²) in [5, 5.41) is 3.35. The van der Waals surface area contributed by atoms with Crippen molar-refractivity contribution in [1.82, 2.24) is 0 Å². The van der Waals surface area contributed by atoms with Gasteiger partial charge in [0, 0.05) is 24.4 Å². The lowest BCUT2D eigenvalue weighted by atomic mass is 10.1. The molecule has 0 aliphatic rings. The van der Waals surface area contributed by atoms with Crippen molar-refractivity contribution >= 4 is 11.6 Å². The number of hydrogen-bond donors (Lipinski definition) is 2. The Morgan fingerprint density at radius 2 is 2.06 bits per heavy atom. The molecule has 0 heterocycles. The first-order chi connectivity index (χ1) is 7.95. The number of carbonyl (C=O) groups is 1. The minimum absolute atomic E-state index is 0.116. The molecule has 0 saturated carbocycles. The molecule has 17 heavy (non-hydrogen) atoms.